The molecule has 1 heterocycles. The Labute approximate surface area is 173 Å². The zero-order valence-electron chi connectivity index (χ0n) is 16.6. The number of aliphatic hydroxyl groups is 1. The second kappa shape index (κ2) is 7.59. The first-order chi connectivity index (χ1) is 14.4. The number of hydrogen-bond donors (Lipinski definition) is 1. The molecular formula is C25H20FNO3. The maximum absolute atomic E-state index is 13.3. The van der Waals surface area contributed by atoms with Crippen LogP contribution in [0.2, 0.25) is 0 Å². The Hall–Kier alpha value is -3.73. The van der Waals surface area contributed by atoms with Crippen LogP contribution in [0.5, 0.6) is 0 Å². The number of carbonyl (C=O) groups is 2. The fourth-order valence-corrected chi connectivity index (χ4v) is 3.87. The Morgan fingerprint density at radius 3 is 2.23 bits per heavy atom. The SMILES string of the molecule is Cc1ccc(N2C(=O)C(=O)/C(=C(/O)c3ccc(F)cc3)C2c2ccccc2)c(C)c1. The van der Waals surface area contributed by atoms with Crippen molar-refractivity contribution in [2.45, 2.75) is 19.9 Å². The van der Waals surface area contributed by atoms with E-state index in [9.17, 15) is 19.1 Å². The summed E-state index contributed by atoms with van der Waals surface area (Å²) >= 11 is 0. The molecule has 1 atom stereocenters. The second-order valence-corrected chi connectivity index (χ2v) is 7.38. The summed E-state index contributed by atoms with van der Waals surface area (Å²) in [6.07, 6.45) is 0. The minimum absolute atomic E-state index is 0.0159. The summed E-state index contributed by atoms with van der Waals surface area (Å²) in [6, 6.07) is 19.1. The highest BCUT2D eigenvalue weighted by Gasteiger charge is 2.47. The third-order valence-electron chi connectivity index (χ3n) is 5.29. The van der Waals surface area contributed by atoms with Crippen LogP contribution in [0.1, 0.15) is 28.3 Å². The molecular weight excluding hydrogens is 381 g/mol. The number of amides is 1. The zero-order chi connectivity index (χ0) is 21.4. The topological polar surface area (TPSA) is 57.6 Å². The van der Waals surface area contributed by atoms with Gasteiger partial charge in [-0.05, 0) is 55.3 Å². The van der Waals surface area contributed by atoms with E-state index in [1.807, 2.05) is 62.4 Å². The van der Waals surface area contributed by atoms with Gasteiger partial charge < -0.3 is 5.11 Å². The summed E-state index contributed by atoms with van der Waals surface area (Å²) in [6.45, 7) is 3.83. The average molecular weight is 401 g/mol. The van der Waals surface area contributed by atoms with E-state index in [2.05, 4.69) is 0 Å². The van der Waals surface area contributed by atoms with Gasteiger partial charge in [0.2, 0.25) is 0 Å². The standard InChI is InChI=1S/C25H20FNO3/c1-15-8-13-20(16(2)14-15)27-22(17-6-4-3-5-7-17)21(24(29)25(27)30)23(28)18-9-11-19(26)12-10-18/h3-14,22,28H,1-2H3/b23-21+. The number of aryl methyl sites for hydroxylation is 2. The van der Waals surface area contributed by atoms with E-state index in [-0.39, 0.29) is 16.9 Å². The molecule has 0 radical (unpaired) electrons. The lowest BCUT2D eigenvalue weighted by atomic mass is 9.95. The predicted octanol–water partition coefficient (Wildman–Crippen LogP) is 5.07. The van der Waals surface area contributed by atoms with Crippen LogP contribution < -0.4 is 4.90 Å². The largest absolute Gasteiger partial charge is 0.507 e. The highest BCUT2D eigenvalue weighted by Crippen LogP contribution is 2.43. The van der Waals surface area contributed by atoms with E-state index in [4.69, 9.17) is 0 Å². The van der Waals surface area contributed by atoms with E-state index in [1.54, 1.807) is 0 Å². The van der Waals surface area contributed by atoms with Gasteiger partial charge in [0.15, 0.2) is 0 Å². The van der Waals surface area contributed by atoms with Gasteiger partial charge in [-0.15, -0.1) is 0 Å². The van der Waals surface area contributed by atoms with E-state index in [0.29, 0.717) is 11.3 Å². The lowest BCUT2D eigenvalue weighted by molar-refractivity contribution is -0.132. The Bertz CT molecular complexity index is 1170. The second-order valence-electron chi connectivity index (χ2n) is 7.38. The minimum Gasteiger partial charge on any atom is -0.507 e. The van der Waals surface area contributed by atoms with Crippen LogP contribution in [0.4, 0.5) is 10.1 Å². The first-order valence-electron chi connectivity index (χ1n) is 9.57. The fraction of sp³-hybridized carbons (Fsp3) is 0.120. The lowest BCUT2D eigenvalue weighted by Gasteiger charge is -2.27. The van der Waals surface area contributed by atoms with Crippen molar-refractivity contribution >= 4 is 23.1 Å². The van der Waals surface area contributed by atoms with Crippen molar-refractivity contribution in [3.05, 3.63) is 106 Å². The molecule has 1 fully saturated rings. The molecule has 5 heteroatoms. The van der Waals surface area contributed by atoms with Crippen LogP contribution in [0.15, 0.2) is 78.4 Å². The van der Waals surface area contributed by atoms with E-state index >= 15 is 0 Å². The number of anilines is 1. The molecule has 1 amide bonds. The van der Waals surface area contributed by atoms with Crippen molar-refractivity contribution < 1.29 is 19.1 Å². The number of benzene rings is 3. The summed E-state index contributed by atoms with van der Waals surface area (Å²) in [4.78, 5) is 27.6. The number of nitrogens with zero attached hydrogens (tertiary/aromatic N) is 1. The van der Waals surface area contributed by atoms with Crippen molar-refractivity contribution in [2.24, 2.45) is 0 Å². The number of ketones is 1. The molecule has 0 aliphatic carbocycles. The highest BCUT2D eigenvalue weighted by molar-refractivity contribution is 6.51. The van der Waals surface area contributed by atoms with Crippen LogP contribution in [0.3, 0.4) is 0 Å². The van der Waals surface area contributed by atoms with Crippen LogP contribution in [0.25, 0.3) is 5.76 Å². The monoisotopic (exact) mass is 401 g/mol. The number of halogens is 1. The first kappa shape index (κ1) is 19.6. The summed E-state index contributed by atoms with van der Waals surface area (Å²) in [5.41, 5.74) is 3.44. The molecule has 3 aromatic carbocycles. The lowest BCUT2D eigenvalue weighted by Crippen LogP contribution is -2.30. The van der Waals surface area contributed by atoms with E-state index in [0.717, 1.165) is 11.1 Å². The molecule has 0 spiro atoms. The van der Waals surface area contributed by atoms with Crippen molar-refractivity contribution in [3.8, 4) is 0 Å². The number of Topliss-reactive ketones (excluding diaryl/α,β-unsaturated/α-hetero) is 1. The van der Waals surface area contributed by atoms with Gasteiger partial charge >= 0.3 is 0 Å². The molecule has 0 aromatic heterocycles. The van der Waals surface area contributed by atoms with Crippen molar-refractivity contribution in [3.63, 3.8) is 0 Å². The van der Waals surface area contributed by atoms with Crippen LogP contribution >= 0.6 is 0 Å². The summed E-state index contributed by atoms with van der Waals surface area (Å²) in [5, 5.41) is 11.0. The third kappa shape index (κ3) is 3.28. The quantitative estimate of drug-likeness (QED) is 0.379. The number of hydrogen-bond acceptors (Lipinski definition) is 3. The van der Waals surface area contributed by atoms with Gasteiger partial charge in [0, 0.05) is 11.3 Å². The van der Waals surface area contributed by atoms with Gasteiger partial charge in [0.05, 0.1) is 11.6 Å². The van der Waals surface area contributed by atoms with Crippen LogP contribution in [-0.4, -0.2) is 16.8 Å². The average Bonchev–Trinajstić information content (AvgIpc) is 3.00. The molecule has 1 N–H and O–H groups in total. The molecule has 150 valence electrons. The summed E-state index contributed by atoms with van der Waals surface area (Å²) < 4.78 is 13.3. The third-order valence-corrected chi connectivity index (χ3v) is 5.29. The molecule has 0 bridgehead atoms. The normalized spacial score (nSPS) is 18.1. The van der Waals surface area contributed by atoms with Crippen molar-refractivity contribution in [1.82, 2.24) is 0 Å². The zero-order valence-corrected chi connectivity index (χ0v) is 16.6. The van der Waals surface area contributed by atoms with Gasteiger partial charge in [-0.2, -0.15) is 0 Å². The number of rotatable bonds is 3. The van der Waals surface area contributed by atoms with Crippen molar-refractivity contribution in [1.29, 1.82) is 0 Å². The van der Waals surface area contributed by atoms with Gasteiger partial charge in [0.1, 0.15) is 11.6 Å². The Morgan fingerprint density at radius 2 is 1.60 bits per heavy atom. The van der Waals surface area contributed by atoms with Crippen LogP contribution in [0, 0.1) is 19.7 Å². The first-order valence-corrected chi connectivity index (χ1v) is 9.57. The number of carbonyl (C=O) groups excluding carboxylic acids is 2. The van der Waals surface area contributed by atoms with Gasteiger partial charge in [-0.25, -0.2) is 4.39 Å². The molecule has 4 rings (SSSR count). The summed E-state index contributed by atoms with van der Waals surface area (Å²) in [5.74, 6) is -2.26. The highest BCUT2D eigenvalue weighted by atomic mass is 19.1. The van der Waals surface area contributed by atoms with Crippen LogP contribution in [-0.2, 0) is 9.59 Å². The van der Waals surface area contributed by atoms with Crippen molar-refractivity contribution in [2.75, 3.05) is 4.90 Å². The predicted molar refractivity (Wildman–Crippen MR) is 114 cm³/mol. The Balaban J connectivity index is 1.96. The molecule has 1 unspecified atom stereocenters. The van der Waals surface area contributed by atoms with Gasteiger partial charge in [-0.1, -0.05) is 48.0 Å². The molecule has 4 nitrogen and oxygen atoms in total. The van der Waals surface area contributed by atoms with E-state index < -0.39 is 23.5 Å². The van der Waals surface area contributed by atoms with Gasteiger partial charge in [-0.3, -0.25) is 14.5 Å². The molecule has 3 aromatic rings. The molecule has 0 saturated carbocycles. The fourth-order valence-electron chi connectivity index (χ4n) is 3.87. The molecule has 30 heavy (non-hydrogen) atoms. The maximum atomic E-state index is 13.3. The van der Waals surface area contributed by atoms with E-state index in [1.165, 1.54) is 29.2 Å². The smallest absolute Gasteiger partial charge is 0.300 e. The molecule has 1 saturated heterocycles. The minimum atomic E-state index is -0.794. The number of aliphatic hydroxyl groups excluding tert-OH is 1. The Kier molecular flexibility index (Phi) is 4.96. The Morgan fingerprint density at radius 1 is 0.933 bits per heavy atom. The molecule has 1 aliphatic heterocycles. The molecule has 1 aliphatic rings. The summed E-state index contributed by atoms with van der Waals surface area (Å²) in [7, 11) is 0. The maximum Gasteiger partial charge on any atom is 0.300 e. The van der Waals surface area contributed by atoms with Gasteiger partial charge in [0.25, 0.3) is 11.7 Å².